The number of pyridine rings is 1. The summed E-state index contributed by atoms with van der Waals surface area (Å²) in [5.74, 6) is 0.429. The number of nitrogens with zero attached hydrogens (tertiary/aromatic N) is 2. The first-order valence-corrected chi connectivity index (χ1v) is 9.62. The lowest BCUT2D eigenvalue weighted by molar-refractivity contribution is 0.413. The van der Waals surface area contributed by atoms with E-state index in [1.807, 2.05) is 44.2 Å². The first-order chi connectivity index (χ1) is 14.5. The van der Waals surface area contributed by atoms with Crippen LogP contribution in [0.1, 0.15) is 16.7 Å². The van der Waals surface area contributed by atoms with Gasteiger partial charge in [0.15, 0.2) is 0 Å². The number of aromatic hydroxyl groups is 1. The van der Waals surface area contributed by atoms with Crippen LogP contribution in [0.3, 0.4) is 0 Å². The smallest absolute Gasteiger partial charge is 0.265 e. The quantitative estimate of drug-likeness (QED) is 0.488. The van der Waals surface area contributed by atoms with E-state index in [0.29, 0.717) is 27.8 Å². The van der Waals surface area contributed by atoms with Crippen molar-refractivity contribution in [3.8, 4) is 17.3 Å². The fraction of sp³-hybridized carbons (Fsp3) is 0.120. The molecule has 0 atom stereocenters. The van der Waals surface area contributed by atoms with Gasteiger partial charge in [0.05, 0.1) is 24.0 Å². The van der Waals surface area contributed by atoms with Crippen molar-refractivity contribution in [2.45, 2.75) is 13.8 Å². The van der Waals surface area contributed by atoms with E-state index >= 15 is 0 Å². The van der Waals surface area contributed by atoms with Crippen LogP contribution in [0.15, 0.2) is 76.5 Å². The first-order valence-electron chi connectivity index (χ1n) is 9.62. The van der Waals surface area contributed by atoms with Gasteiger partial charge in [-0.25, -0.2) is 4.57 Å². The summed E-state index contributed by atoms with van der Waals surface area (Å²) in [7, 11) is 1.56. The molecule has 0 aliphatic heterocycles. The Hall–Kier alpha value is -3.86. The second-order valence-corrected chi connectivity index (χ2v) is 7.17. The van der Waals surface area contributed by atoms with Gasteiger partial charge < -0.3 is 9.84 Å². The zero-order valence-corrected chi connectivity index (χ0v) is 17.1. The lowest BCUT2D eigenvalue weighted by Crippen LogP contribution is -2.20. The molecule has 0 saturated carbocycles. The van der Waals surface area contributed by atoms with Crippen LogP contribution in [-0.2, 0) is 0 Å². The van der Waals surface area contributed by atoms with Crippen LogP contribution in [0.2, 0.25) is 0 Å². The summed E-state index contributed by atoms with van der Waals surface area (Å²) in [5.41, 5.74) is 3.70. The highest BCUT2D eigenvalue weighted by molar-refractivity contribution is 6.02. The summed E-state index contributed by atoms with van der Waals surface area (Å²) < 4.78 is 6.56. The Balaban J connectivity index is 1.97. The number of ether oxygens (including phenoxy) is 1. The number of benzene rings is 3. The van der Waals surface area contributed by atoms with Crippen LogP contribution in [0.4, 0.5) is 5.69 Å². The van der Waals surface area contributed by atoms with Crippen molar-refractivity contribution in [3.63, 3.8) is 0 Å². The third kappa shape index (κ3) is 3.46. The molecular weight excluding hydrogens is 376 g/mol. The van der Waals surface area contributed by atoms with Crippen LogP contribution in [-0.4, -0.2) is 23.0 Å². The molecule has 0 spiro atoms. The van der Waals surface area contributed by atoms with Crippen molar-refractivity contribution in [2.75, 3.05) is 7.11 Å². The lowest BCUT2D eigenvalue weighted by atomic mass is 10.1. The zero-order valence-electron chi connectivity index (χ0n) is 17.1. The maximum Gasteiger partial charge on any atom is 0.265 e. The van der Waals surface area contributed by atoms with E-state index in [2.05, 4.69) is 11.1 Å². The lowest BCUT2D eigenvalue weighted by Gasteiger charge is -2.14. The topological polar surface area (TPSA) is 63.8 Å². The van der Waals surface area contributed by atoms with Crippen molar-refractivity contribution >= 4 is 22.7 Å². The summed E-state index contributed by atoms with van der Waals surface area (Å²) in [6.45, 7) is 4.03. The van der Waals surface area contributed by atoms with Crippen LogP contribution in [0.25, 0.3) is 16.5 Å². The predicted octanol–water partition coefficient (Wildman–Crippen LogP) is 5.07. The van der Waals surface area contributed by atoms with Crippen LogP contribution >= 0.6 is 0 Å². The van der Waals surface area contributed by atoms with E-state index in [4.69, 9.17) is 4.74 Å². The van der Waals surface area contributed by atoms with Crippen molar-refractivity contribution in [1.29, 1.82) is 0 Å². The SMILES string of the molecule is COc1cccc(-n2c(O)c(C=Nc3ccc(C)cc3C)c3ccccc3c2=O)c1. The summed E-state index contributed by atoms with van der Waals surface area (Å²) in [6.07, 6.45) is 1.62. The molecule has 4 aromatic rings. The van der Waals surface area contributed by atoms with Gasteiger partial charge in [-0.15, -0.1) is 0 Å². The first kappa shape index (κ1) is 19.5. The van der Waals surface area contributed by atoms with Gasteiger partial charge in [0.2, 0.25) is 5.88 Å². The van der Waals surface area contributed by atoms with Crippen molar-refractivity contribution in [3.05, 3.63) is 93.8 Å². The minimum absolute atomic E-state index is 0.166. The molecule has 0 radical (unpaired) electrons. The molecule has 0 saturated heterocycles. The van der Waals surface area contributed by atoms with E-state index in [9.17, 15) is 9.90 Å². The second-order valence-electron chi connectivity index (χ2n) is 7.17. The number of hydrogen-bond donors (Lipinski definition) is 1. The van der Waals surface area contributed by atoms with Crippen molar-refractivity contribution in [1.82, 2.24) is 4.57 Å². The number of fused-ring (bicyclic) bond motifs is 1. The molecule has 4 rings (SSSR count). The Morgan fingerprint density at radius 3 is 2.47 bits per heavy atom. The fourth-order valence-corrected chi connectivity index (χ4v) is 3.56. The highest BCUT2D eigenvalue weighted by Gasteiger charge is 2.16. The maximum absolute atomic E-state index is 13.2. The second kappa shape index (κ2) is 7.87. The third-order valence-corrected chi connectivity index (χ3v) is 5.10. The van der Waals surface area contributed by atoms with E-state index < -0.39 is 0 Å². The van der Waals surface area contributed by atoms with Gasteiger partial charge >= 0.3 is 0 Å². The predicted molar refractivity (Wildman–Crippen MR) is 121 cm³/mol. The molecule has 0 unspecified atom stereocenters. The Labute approximate surface area is 174 Å². The molecular formula is C25H22N2O3. The number of rotatable bonds is 4. The zero-order chi connectivity index (χ0) is 21.3. The molecule has 30 heavy (non-hydrogen) atoms. The van der Waals surface area contributed by atoms with E-state index in [0.717, 1.165) is 16.8 Å². The van der Waals surface area contributed by atoms with Gasteiger partial charge in [0, 0.05) is 23.1 Å². The van der Waals surface area contributed by atoms with Gasteiger partial charge in [-0.2, -0.15) is 0 Å². The summed E-state index contributed by atoms with van der Waals surface area (Å²) in [4.78, 5) is 17.8. The summed E-state index contributed by atoms with van der Waals surface area (Å²) in [5, 5.41) is 12.3. The van der Waals surface area contributed by atoms with Crippen molar-refractivity contribution < 1.29 is 9.84 Å². The Bertz CT molecular complexity index is 1340. The Morgan fingerprint density at radius 2 is 1.73 bits per heavy atom. The highest BCUT2D eigenvalue weighted by Crippen LogP contribution is 2.28. The summed E-state index contributed by atoms with van der Waals surface area (Å²) >= 11 is 0. The van der Waals surface area contributed by atoms with E-state index in [-0.39, 0.29) is 11.4 Å². The normalized spacial score (nSPS) is 11.3. The molecule has 0 aliphatic carbocycles. The molecule has 0 bridgehead atoms. The molecule has 3 aromatic carbocycles. The van der Waals surface area contributed by atoms with Crippen LogP contribution in [0.5, 0.6) is 11.6 Å². The molecule has 5 heteroatoms. The fourth-order valence-electron chi connectivity index (χ4n) is 3.56. The largest absolute Gasteiger partial charge is 0.497 e. The molecule has 0 aliphatic rings. The molecule has 1 aromatic heterocycles. The van der Waals surface area contributed by atoms with E-state index in [1.54, 1.807) is 43.7 Å². The van der Waals surface area contributed by atoms with Gasteiger partial charge in [-0.1, -0.05) is 42.0 Å². The number of aliphatic imine (C=N–C) groups is 1. The maximum atomic E-state index is 13.2. The highest BCUT2D eigenvalue weighted by atomic mass is 16.5. The Morgan fingerprint density at radius 1 is 0.967 bits per heavy atom. The number of hydrogen-bond acceptors (Lipinski definition) is 4. The van der Waals surface area contributed by atoms with E-state index in [1.165, 1.54) is 4.57 Å². The average molecular weight is 398 g/mol. The molecule has 150 valence electrons. The monoisotopic (exact) mass is 398 g/mol. The van der Waals surface area contributed by atoms with Crippen molar-refractivity contribution in [2.24, 2.45) is 4.99 Å². The van der Waals surface area contributed by atoms with Gasteiger partial charge in [0.1, 0.15) is 5.75 Å². The summed E-state index contributed by atoms with van der Waals surface area (Å²) in [6, 6.07) is 20.2. The average Bonchev–Trinajstić information content (AvgIpc) is 2.75. The molecule has 0 amide bonds. The van der Waals surface area contributed by atoms with Crippen LogP contribution in [0, 0.1) is 13.8 Å². The molecule has 5 nitrogen and oxygen atoms in total. The minimum Gasteiger partial charge on any atom is -0.497 e. The molecule has 0 fully saturated rings. The number of aryl methyl sites for hydroxylation is 2. The van der Waals surface area contributed by atoms with Crippen LogP contribution < -0.4 is 10.3 Å². The third-order valence-electron chi connectivity index (χ3n) is 5.10. The van der Waals surface area contributed by atoms with Gasteiger partial charge in [-0.3, -0.25) is 9.79 Å². The Kier molecular flexibility index (Phi) is 5.11. The standard InChI is InChI=1S/C25H22N2O3/c1-16-11-12-23(17(2)13-16)26-15-22-20-9-4-5-10-21(20)24(28)27(25(22)29)18-7-6-8-19(14-18)30-3/h4-15,29H,1-3H3. The molecule has 1 N–H and O–H groups in total. The minimum atomic E-state index is -0.306. The number of aromatic nitrogens is 1. The van der Waals surface area contributed by atoms with Gasteiger partial charge in [-0.05, 0) is 43.7 Å². The number of methoxy groups -OCH3 is 1. The molecule has 1 heterocycles. The van der Waals surface area contributed by atoms with Gasteiger partial charge in [0.25, 0.3) is 5.56 Å².